The molecule has 158 valence electrons. The van der Waals surface area contributed by atoms with E-state index in [1.165, 1.54) is 21.7 Å². The number of nitrogens with zero attached hydrogens (tertiary/aromatic N) is 5. The first-order valence-corrected chi connectivity index (χ1v) is 10.8. The van der Waals surface area contributed by atoms with Crippen molar-refractivity contribution in [1.82, 2.24) is 25.6 Å². The third-order valence-corrected chi connectivity index (χ3v) is 6.15. The van der Waals surface area contributed by atoms with E-state index >= 15 is 0 Å². The highest BCUT2D eigenvalue weighted by Gasteiger charge is 2.41. The Morgan fingerprint density at radius 1 is 1.19 bits per heavy atom. The number of hydrazine groups is 1. The summed E-state index contributed by atoms with van der Waals surface area (Å²) in [5.74, 6) is 0.732. The second kappa shape index (κ2) is 7.90. The molecule has 3 aromatic rings. The van der Waals surface area contributed by atoms with Crippen molar-refractivity contribution in [3.63, 3.8) is 0 Å². The van der Waals surface area contributed by atoms with Crippen molar-refractivity contribution >= 4 is 28.2 Å². The highest BCUT2D eigenvalue weighted by molar-refractivity contribution is 9.10. The van der Waals surface area contributed by atoms with Gasteiger partial charge in [-0.15, -0.1) is 0 Å². The summed E-state index contributed by atoms with van der Waals surface area (Å²) in [5.41, 5.74) is 7.86. The van der Waals surface area contributed by atoms with Gasteiger partial charge in [-0.2, -0.15) is 10.1 Å². The average Bonchev–Trinajstić information content (AvgIpc) is 3.40. The highest BCUT2D eigenvalue weighted by Crippen LogP contribution is 2.32. The molecule has 2 aromatic carbocycles. The quantitative estimate of drug-likeness (QED) is 0.612. The number of carbonyl (C=O) groups excluding carboxylic acids is 1. The van der Waals surface area contributed by atoms with E-state index in [-0.39, 0.29) is 24.5 Å². The number of carbonyl (C=O) groups is 1. The molecule has 3 heterocycles. The lowest BCUT2D eigenvalue weighted by Crippen LogP contribution is -2.50. The molecule has 0 bridgehead atoms. The van der Waals surface area contributed by atoms with Crippen molar-refractivity contribution in [1.29, 1.82) is 0 Å². The lowest BCUT2D eigenvalue weighted by Gasteiger charge is -2.29. The molecule has 31 heavy (non-hydrogen) atoms. The second-order valence-electron chi connectivity index (χ2n) is 7.85. The fourth-order valence-electron chi connectivity index (χ4n) is 3.95. The van der Waals surface area contributed by atoms with Gasteiger partial charge < -0.3 is 4.52 Å². The first-order chi connectivity index (χ1) is 15.0. The summed E-state index contributed by atoms with van der Waals surface area (Å²) in [4.78, 5) is 17.5. The first kappa shape index (κ1) is 19.9. The number of benzene rings is 2. The molecule has 0 saturated carbocycles. The van der Waals surface area contributed by atoms with Crippen LogP contribution >= 0.6 is 15.9 Å². The van der Waals surface area contributed by atoms with Crippen LogP contribution in [-0.2, 0) is 11.3 Å². The predicted octanol–water partition coefficient (Wildman–Crippen LogP) is 3.72. The number of hydrogen-bond donors (Lipinski definition) is 1. The number of aromatic nitrogens is 2. The van der Waals surface area contributed by atoms with E-state index in [0.717, 1.165) is 10.0 Å². The van der Waals surface area contributed by atoms with Gasteiger partial charge in [0.1, 0.15) is 18.9 Å². The van der Waals surface area contributed by atoms with Crippen LogP contribution in [0.25, 0.3) is 11.4 Å². The Kier molecular flexibility index (Phi) is 5.07. The zero-order valence-corrected chi connectivity index (χ0v) is 18.7. The molecule has 1 fully saturated rings. The van der Waals surface area contributed by atoms with Crippen LogP contribution in [0.5, 0.6) is 0 Å². The molecule has 2 atom stereocenters. The van der Waals surface area contributed by atoms with Crippen molar-refractivity contribution in [2.24, 2.45) is 5.10 Å². The number of rotatable bonds is 4. The molecule has 2 aliphatic rings. The van der Waals surface area contributed by atoms with Crippen molar-refractivity contribution in [2.75, 3.05) is 0 Å². The average molecular weight is 481 g/mol. The van der Waals surface area contributed by atoms with E-state index in [0.29, 0.717) is 18.1 Å². The van der Waals surface area contributed by atoms with Gasteiger partial charge in [0, 0.05) is 10.0 Å². The van der Waals surface area contributed by atoms with Crippen molar-refractivity contribution < 1.29 is 9.32 Å². The molecule has 0 spiro atoms. The van der Waals surface area contributed by atoms with Crippen LogP contribution in [0.4, 0.5) is 0 Å². The van der Waals surface area contributed by atoms with Crippen LogP contribution in [-0.4, -0.2) is 38.4 Å². The van der Waals surface area contributed by atoms with Crippen molar-refractivity contribution in [3.8, 4) is 11.4 Å². The van der Waals surface area contributed by atoms with E-state index in [1.54, 1.807) is 11.3 Å². The molecule has 5 rings (SSSR count). The Hall–Kier alpha value is -3.04. The van der Waals surface area contributed by atoms with Gasteiger partial charge in [-0.1, -0.05) is 44.8 Å². The molecule has 1 saturated heterocycles. The van der Waals surface area contributed by atoms with Gasteiger partial charge >= 0.3 is 0 Å². The maximum atomic E-state index is 13.1. The van der Waals surface area contributed by atoms with Gasteiger partial charge in [0.25, 0.3) is 5.91 Å². The normalized spacial score (nSPS) is 20.4. The number of nitrogens with one attached hydrogen (secondary N) is 1. The third kappa shape index (κ3) is 3.86. The lowest BCUT2D eigenvalue weighted by atomic mass is 9.95. The summed E-state index contributed by atoms with van der Waals surface area (Å²) in [6, 6.07) is 13.8. The third-order valence-electron chi connectivity index (χ3n) is 5.62. The molecular weight excluding hydrogens is 460 g/mol. The minimum Gasteiger partial charge on any atom is -0.337 e. The largest absolute Gasteiger partial charge is 0.337 e. The Bertz CT molecular complexity index is 1160. The first-order valence-electron chi connectivity index (χ1n) is 10.0. The topological polar surface area (TPSA) is 86.9 Å². The summed E-state index contributed by atoms with van der Waals surface area (Å²) in [7, 11) is 0. The Morgan fingerprint density at radius 2 is 2.00 bits per heavy atom. The molecule has 1 amide bonds. The number of amides is 1. The number of hydrazone groups is 1. The van der Waals surface area contributed by atoms with Crippen molar-refractivity contribution in [3.05, 3.63) is 69.5 Å². The Morgan fingerprint density at radius 3 is 2.81 bits per heavy atom. The Balaban J connectivity index is 1.30. The maximum Gasteiger partial charge on any atom is 0.267 e. The second-order valence-corrected chi connectivity index (χ2v) is 8.76. The number of aryl methyl sites for hydroxylation is 2. The van der Waals surface area contributed by atoms with E-state index < -0.39 is 0 Å². The van der Waals surface area contributed by atoms with Gasteiger partial charge in [0.2, 0.25) is 11.7 Å². The number of halogens is 1. The summed E-state index contributed by atoms with van der Waals surface area (Å²) in [6.07, 6.45) is 2.32. The SMILES string of the molecule is Cc1ccc(C)c(C2CC3C(=O)N(Cc4nc(-c5ccc(Br)cc5)no4)N=CN3N2)c1. The molecule has 0 radical (unpaired) electrons. The fraction of sp³-hybridized carbons (Fsp3) is 0.273. The van der Waals surface area contributed by atoms with Gasteiger partial charge in [-0.3, -0.25) is 9.80 Å². The van der Waals surface area contributed by atoms with Crippen LogP contribution in [0.3, 0.4) is 0 Å². The van der Waals surface area contributed by atoms with Crippen LogP contribution in [0.15, 0.2) is 56.6 Å². The summed E-state index contributed by atoms with van der Waals surface area (Å²) < 4.78 is 6.34. The van der Waals surface area contributed by atoms with E-state index in [1.807, 2.05) is 24.3 Å². The van der Waals surface area contributed by atoms with Crippen LogP contribution in [0, 0.1) is 13.8 Å². The van der Waals surface area contributed by atoms with Gasteiger partial charge in [-0.25, -0.2) is 10.4 Å². The van der Waals surface area contributed by atoms with E-state index in [2.05, 4.69) is 68.6 Å². The van der Waals surface area contributed by atoms with Gasteiger partial charge in [-0.05, 0) is 55.7 Å². The van der Waals surface area contributed by atoms with E-state index in [4.69, 9.17) is 4.52 Å². The molecule has 0 aliphatic carbocycles. The summed E-state index contributed by atoms with van der Waals surface area (Å²) in [6.45, 7) is 4.30. The minimum absolute atomic E-state index is 0.0626. The smallest absolute Gasteiger partial charge is 0.267 e. The van der Waals surface area contributed by atoms with Crippen molar-refractivity contribution in [2.45, 2.75) is 38.9 Å². The summed E-state index contributed by atoms with van der Waals surface area (Å²) >= 11 is 3.41. The van der Waals surface area contributed by atoms with E-state index in [9.17, 15) is 4.79 Å². The molecule has 9 heteroatoms. The highest BCUT2D eigenvalue weighted by atomic mass is 79.9. The van der Waals surface area contributed by atoms with Gasteiger partial charge in [0.05, 0.1) is 6.04 Å². The number of hydrogen-bond acceptors (Lipinski definition) is 7. The molecule has 8 nitrogen and oxygen atoms in total. The predicted molar refractivity (Wildman–Crippen MR) is 119 cm³/mol. The standard InChI is InChI=1S/C22H21BrN6O2/c1-13-3-4-14(2)17(9-13)18-10-19-22(30)28(24-12-29(19)26-18)11-20-25-21(27-31-20)15-5-7-16(23)8-6-15/h3-9,12,18-19,26H,10-11H2,1-2H3. The monoisotopic (exact) mass is 480 g/mol. The zero-order valence-electron chi connectivity index (χ0n) is 17.1. The fourth-order valence-corrected chi connectivity index (χ4v) is 4.22. The van der Waals surface area contributed by atoms with Gasteiger partial charge in [0.15, 0.2) is 0 Å². The molecular formula is C22H21BrN6O2. The minimum atomic E-state index is -0.323. The maximum absolute atomic E-state index is 13.1. The lowest BCUT2D eigenvalue weighted by molar-refractivity contribution is -0.137. The molecule has 1 N–H and O–H groups in total. The molecule has 2 unspecified atom stereocenters. The van der Waals surface area contributed by atoms with Crippen LogP contribution < -0.4 is 5.43 Å². The molecule has 2 aliphatic heterocycles. The molecule has 1 aromatic heterocycles. The summed E-state index contributed by atoms with van der Waals surface area (Å²) in [5, 5.41) is 11.5. The van der Waals surface area contributed by atoms with Crippen LogP contribution in [0.2, 0.25) is 0 Å². The zero-order chi connectivity index (χ0) is 21.5. The van der Waals surface area contributed by atoms with Crippen LogP contribution in [0.1, 0.15) is 35.0 Å². The number of fused-ring (bicyclic) bond motifs is 1. The Labute approximate surface area is 188 Å².